The molecule has 19 heavy (non-hydrogen) atoms. The molecular weight excluding hydrogens is 311 g/mol. The number of amides is 1. The first-order valence-corrected chi connectivity index (χ1v) is 7.33. The molecule has 1 aliphatic rings. The summed E-state index contributed by atoms with van der Waals surface area (Å²) < 4.78 is 13.7. The van der Waals surface area contributed by atoms with Crippen molar-refractivity contribution in [2.75, 3.05) is 32.7 Å². The summed E-state index contributed by atoms with van der Waals surface area (Å²) in [6.45, 7) is 6.61. The van der Waals surface area contributed by atoms with Crippen LogP contribution in [0.2, 0.25) is 0 Å². The van der Waals surface area contributed by atoms with Gasteiger partial charge in [0.1, 0.15) is 5.82 Å². The number of nitrogens with zero attached hydrogens (tertiary/aromatic N) is 2. The van der Waals surface area contributed by atoms with Gasteiger partial charge in [-0.05, 0) is 24.2 Å². The van der Waals surface area contributed by atoms with E-state index in [4.69, 9.17) is 0 Å². The van der Waals surface area contributed by atoms with Crippen LogP contribution in [0, 0.1) is 5.82 Å². The van der Waals surface area contributed by atoms with E-state index in [1.807, 2.05) is 4.90 Å². The highest BCUT2D eigenvalue weighted by Crippen LogP contribution is 2.19. The van der Waals surface area contributed by atoms with E-state index >= 15 is 0 Å². The van der Waals surface area contributed by atoms with Gasteiger partial charge in [-0.15, -0.1) is 0 Å². The van der Waals surface area contributed by atoms with Gasteiger partial charge in [0.2, 0.25) is 5.91 Å². The first-order valence-electron chi connectivity index (χ1n) is 6.54. The first-order chi connectivity index (χ1) is 9.10. The molecule has 1 aromatic rings. The van der Waals surface area contributed by atoms with Crippen LogP contribution in [-0.2, 0) is 11.2 Å². The molecule has 0 radical (unpaired) electrons. The van der Waals surface area contributed by atoms with Crippen molar-refractivity contribution in [3.05, 3.63) is 34.1 Å². The normalized spacial score (nSPS) is 16.7. The van der Waals surface area contributed by atoms with Crippen LogP contribution in [0.4, 0.5) is 4.39 Å². The van der Waals surface area contributed by atoms with Gasteiger partial charge in [0.15, 0.2) is 0 Å². The van der Waals surface area contributed by atoms with Gasteiger partial charge in [0, 0.05) is 30.7 Å². The summed E-state index contributed by atoms with van der Waals surface area (Å²) in [6.07, 6.45) is 0.326. The topological polar surface area (TPSA) is 23.6 Å². The lowest BCUT2D eigenvalue weighted by molar-refractivity contribution is -0.132. The third kappa shape index (κ3) is 3.76. The molecule has 3 nitrogen and oxygen atoms in total. The zero-order valence-electron chi connectivity index (χ0n) is 11.0. The quantitative estimate of drug-likeness (QED) is 0.850. The van der Waals surface area contributed by atoms with Crippen LogP contribution >= 0.6 is 15.9 Å². The summed E-state index contributed by atoms with van der Waals surface area (Å²) in [6, 6.07) is 4.46. The number of hydrogen-bond donors (Lipinski definition) is 0. The average Bonchev–Trinajstić information content (AvgIpc) is 2.42. The molecule has 0 unspecified atom stereocenters. The van der Waals surface area contributed by atoms with Crippen LogP contribution < -0.4 is 0 Å². The Hall–Kier alpha value is -0.940. The maximum absolute atomic E-state index is 13.0. The van der Waals surface area contributed by atoms with Crippen LogP contribution in [0.25, 0.3) is 0 Å². The Morgan fingerprint density at radius 3 is 2.58 bits per heavy atom. The molecule has 0 spiro atoms. The van der Waals surface area contributed by atoms with Crippen molar-refractivity contribution in [2.45, 2.75) is 13.3 Å². The Kier molecular flexibility index (Phi) is 4.93. The van der Waals surface area contributed by atoms with Crippen molar-refractivity contribution in [2.24, 2.45) is 0 Å². The monoisotopic (exact) mass is 328 g/mol. The Morgan fingerprint density at radius 1 is 1.32 bits per heavy atom. The molecular formula is C14H18BrFN2O. The number of benzene rings is 1. The van der Waals surface area contributed by atoms with Crippen molar-refractivity contribution in [3.63, 3.8) is 0 Å². The summed E-state index contributed by atoms with van der Waals surface area (Å²) in [4.78, 5) is 16.4. The molecule has 1 fully saturated rings. The highest BCUT2D eigenvalue weighted by atomic mass is 79.9. The Labute approximate surface area is 121 Å². The molecule has 0 aliphatic carbocycles. The predicted octanol–water partition coefficient (Wildman–Crippen LogP) is 2.29. The molecule has 0 saturated carbocycles. The van der Waals surface area contributed by atoms with E-state index in [1.54, 1.807) is 6.07 Å². The first kappa shape index (κ1) is 14.5. The summed E-state index contributed by atoms with van der Waals surface area (Å²) in [7, 11) is 0. The maximum atomic E-state index is 13.0. The summed E-state index contributed by atoms with van der Waals surface area (Å²) >= 11 is 3.30. The molecule has 0 aromatic heterocycles. The van der Waals surface area contributed by atoms with Crippen molar-refractivity contribution >= 4 is 21.8 Å². The Balaban J connectivity index is 1.94. The minimum Gasteiger partial charge on any atom is -0.340 e. The van der Waals surface area contributed by atoms with Gasteiger partial charge in [-0.3, -0.25) is 4.79 Å². The number of piperazine rings is 1. The van der Waals surface area contributed by atoms with Gasteiger partial charge in [0.25, 0.3) is 0 Å². The molecule has 5 heteroatoms. The molecule has 1 aliphatic heterocycles. The number of halogens is 2. The van der Waals surface area contributed by atoms with E-state index in [0.717, 1.165) is 38.3 Å². The van der Waals surface area contributed by atoms with Gasteiger partial charge < -0.3 is 9.80 Å². The summed E-state index contributed by atoms with van der Waals surface area (Å²) in [5.74, 6) is -0.178. The van der Waals surface area contributed by atoms with E-state index in [9.17, 15) is 9.18 Å². The minimum atomic E-state index is -0.292. The van der Waals surface area contributed by atoms with Gasteiger partial charge in [0.05, 0.1) is 6.42 Å². The molecule has 1 amide bonds. The minimum absolute atomic E-state index is 0.114. The standard InChI is InChI=1S/C14H18BrFN2O/c1-2-17-5-7-18(8-6-17)14(19)9-11-3-4-12(16)10-13(11)15/h3-4,10H,2,5-9H2,1H3. The lowest BCUT2D eigenvalue weighted by Crippen LogP contribution is -2.48. The maximum Gasteiger partial charge on any atom is 0.227 e. The molecule has 0 atom stereocenters. The smallest absolute Gasteiger partial charge is 0.227 e. The summed E-state index contributed by atoms with van der Waals surface area (Å²) in [5.41, 5.74) is 0.837. The second kappa shape index (κ2) is 6.48. The summed E-state index contributed by atoms with van der Waals surface area (Å²) in [5, 5.41) is 0. The van der Waals surface area contributed by atoms with E-state index in [0.29, 0.717) is 10.9 Å². The average molecular weight is 329 g/mol. The Morgan fingerprint density at radius 2 is 2.00 bits per heavy atom. The number of carbonyl (C=O) groups excluding carboxylic acids is 1. The third-order valence-corrected chi connectivity index (χ3v) is 4.27. The number of rotatable bonds is 3. The van der Waals surface area contributed by atoms with Crippen molar-refractivity contribution in [1.29, 1.82) is 0 Å². The van der Waals surface area contributed by atoms with Crippen molar-refractivity contribution < 1.29 is 9.18 Å². The van der Waals surface area contributed by atoms with Gasteiger partial charge in [-0.2, -0.15) is 0 Å². The van der Waals surface area contributed by atoms with Crippen LogP contribution in [0.1, 0.15) is 12.5 Å². The fourth-order valence-corrected chi connectivity index (χ4v) is 2.74. The van der Waals surface area contributed by atoms with E-state index in [2.05, 4.69) is 27.8 Å². The lowest BCUT2D eigenvalue weighted by atomic mass is 10.1. The van der Waals surface area contributed by atoms with Crippen LogP contribution in [0.15, 0.2) is 22.7 Å². The predicted molar refractivity (Wildman–Crippen MR) is 76.5 cm³/mol. The largest absolute Gasteiger partial charge is 0.340 e. The number of hydrogen-bond acceptors (Lipinski definition) is 2. The van der Waals surface area contributed by atoms with E-state index in [1.165, 1.54) is 12.1 Å². The van der Waals surface area contributed by atoms with Gasteiger partial charge >= 0.3 is 0 Å². The van der Waals surface area contributed by atoms with Crippen molar-refractivity contribution in [3.8, 4) is 0 Å². The molecule has 1 heterocycles. The molecule has 1 saturated heterocycles. The fraction of sp³-hybridized carbons (Fsp3) is 0.500. The highest BCUT2D eigenvalue weighted by molar-refractivity contribution is 9.10. The SMILES string of the molecule is CCN1CCN(C(=O)Cc2ccc(F)cc2Br)CC1. The number of carbonyl (C=O) groups is 1. The van der Waals surface area contributed by atoms with Crippen LogP contribution in [-0.4, -0.2) is 48.4 Å². The molecule has 0 N–H and O–H groups in total. The lowest BCUT2D eigenvalue weighted by Gasteiger charge is -2.34. The zero-order valence-corrected chi connectivity index (χ0v) is 12.6. The van der Waals surface area contributed by atoms with Crippen molar-refractivity contribution in [1.82, 2.24) is 9.80 Å². The van der Waals surface area contributed by atoms with Crippen LogP contribution in [0.5, 0.6) is 0 Å². The highest BCUT2D eigenvalue weighted by Gasteiger charge is 2.20. The van der Waals surface area contributed by atoms with E-state index < -0.39 is 0 Å². The molecule has 104 valence electrons. The van der Waals surface area contributed by atoms with Gasteiger partial charge in [-0.25, -0.2) is 4.39 Å². The second-order valence-electron chi connectivity index (χ2n) is 4.73. The molecule has 2 rings (SSSR count). The van der Waals surface area contributed by atoms with Gasteiger partial charge in [-0.1, -0.05) is 28.9 Å². The third-order valence-electron chi connectivity index (χ3n) is 3.53. The number of likely N-dealkylation sites (N-methyl/N-ethyl adjacent to an activating group) is 1. The molecule has 1 aromatic carbocycles. The fourth-order valence-electron chi connectivity index (χ4n) is 2.25. The second-order valence-corrected chi connectivity index (χ2v) is 5.58. The molecule has 0 bridgehead atoms. The Bertz CT molecular complexity index is 459. The van der Waals surface area contributed by atoms with Crippen LogP contribution in [0.3, 0.4) is 0 Å². The zero-order chi connectivity index (χ0) is 13.8. The van der Waals surface area contributed by atoms with E-state index in [-0.39, 0.29) is 11.7 Å².